The Balaban J connectivity index is 1.63. The van der Waals surface area contributed by atoms with Crippen molar-refractivity contribution in [3.8, 4) is 0 Å². The van der Waals surface area contributed by atoms with E-state index in [0.29, 0.717) is 18.1 Å². The zero-order chi connectivity index (χ0) is 19.2. The van der Waals surface area contributed by atoms with Gasteiger partial charge >= 0.3 is 5.97 Å². The van der Waals surface area contributed by atoms with Crippen LogP contribution in [0.1, 0.15) is 18.2 Å². The van der Waals surface area contributed by atoms with Crippen LogP contribution in [-0.2, 0) is 15.3 Å². The Hall–Kier alpha value is -2.03. The Labute approximate surface area is 166 Å². The molecule has 0 fully saturated rings. The van der Waals surface area contributed by atoms with E-state index < -0.39 is 6.04 Å². The number of carbonyl (C=O) groups is 1. The molecule has 1 aromatic carbocycles. The number of fused-ring (bicyclic) bond motifs is 1. The number of esters is 1. The lowest BCUT2D eigenvalue weighted by Gasteiger charge is -2.12. The summed E-state index contributed by atoms with van der Waals surface area (Å²) in [5.74, 6) is 0.821. The number of benzene rings is 1. The number of H-pyrrole nitrogens is 1. The normalized spacial score (nSPS) is 12.3. The highest BCUT2D eigenvalue weighted by Crippen LogP contribution is 2.28. The fourth-order valence-corrected chi connectivity index (χ4v) is 4.39. The van der Waals surface area contributed by atoms with Crippen molar-refractivity contribution in [1.82, 2.24) is 15.0 Å². The minimum atomic E-state index is -0.629. The van der Waals surface area contributed by atoms with Crippen LogP contribution in [0, 0.1) is 6.92 Å². The van der Waals surface area contributed by atoms with Gasteiger partial charge in [0, 0.05) is 22.6 Å². The van der Waals surface area contributed by atoms with E-state index in [-0.39, 0.29) is 5.97 Å². The van der Waals surface area contributed by atoms with Gasteiger partial charge in [-0.3, -0.25) is 9.78 Å². The van der Waals surface area contributed by atoms with E-state index >= 15 is 0 Å². The van der Waals surface area contributed by atoms with Crippen LogP contribution < -0.4 is 5.73 Å². The Kier molecular flexibility index (Phi) is 6.76. The second-order valence-corrected chi connectivity index (χ2v) is 7.92. The summed E-state index contributed by atoms with van der Waals surface area (Å²) in [6, 6.07) is 9.29. The molecule has 0 bridgehead atoms. The molecule has 0 aliphatic carbocycles. The number of nitrogens with zero attached hydrogens (tertiary/aromatic N) is 2. The molecular weight excluding hydrogens is 380 g/mol. The minimum Gasteiger partial charge on any atom is -0.465 e. The Morgan fingerprint density at radius 1 is 1.30 bits per heavy atom. The third-order valence-electron chi connectivity index (χ3n) is 3.98. The van der Waals surface area contributed by atoms with Crippen LogP contribution in [0.3, 0.4) is 0 Å². The highest BCUT2D eigenvalue weighted by molar-refractivity contribution is 7.99. The molecule has 27 heavy (non-hydrogen) atoms. The number of imidazole rings is 1. The summed E-state index contributed by atoms with van der Waals surface area (Å²) in [5, 5.41) is 0.875. The maximum absolute atomic E-state index is 11.7. The molecule has 0 spiro atoms. The van der Waals surface area contributed by atoms with Crippen LogP contribution >= 0.6 is 23.5 Å². The number of hydrogen-bond acceptors (Lipinski definition) is 7. The second-order valence-electron chi connectivity index (χ2n) is 5.90. The molecule has 1 atom stereocenters. The van der Waals surface area contributed by atoms with Crippen LogP contribution in [0.2, 0.25) is 0 Å². The molecule has 2 aromatic heterocycles. The van der Waals surface area contributed by atoms with Crippen molar-refractivity contribution in [2.75, 3.05) is 12.4 Å². The summed E-state index contributed by atoms with van der Waals surface area (Å²) >= 11 is 3.17. The van der Waals surface area contributed by atoms with Crippen molar-refractivity contribution in [1.29, 1.82) is 0 Å². The van der Waals surface area contributed by atoms with E-state index in [1.54, 1.807) is 36.6 Å². The van der Waals surface area contributed by atoms with Gasteiger partial charge in [-0.2, -0.15) is 0 Å². The number of hydrogen-bond donors (Lipinski definition) is 2. The number of aromatic nitrogens is 3. The average Bonchev–Trinajstić information content (AvgIpc) is 3.09. The molecule has 0 aliphatic rings. The molecule has 0 saturated carbocycles. The van der Waals surface area contributed by atoms with Gasteiger partial charge in [-0.1, -0.05) is 23.9 Å². The van der Waals surface area contributed by atoms with E-state index in [4.69, 9.17) is 10.5 Å². The number of para-hydroxylation sites is 2. The highest BCUT2D eigenvalue weighted by Gasteiger charge is 2.16. The number of ether oxygens (including phenoxy) is 1. The molecule has 6 nitrogen and oxygen atoms in total. The number of nitrogens with one attached hydrogen (secondary N) is 1. The summed E-state index contributed by atoms with van der Waals surface area (Å²) in [7, 11) is 0. The van der Waals surface area contributed by atoms with E-state index in [2.05, 4.69) is 15.0 Å². The quantitative estimate of drug-likeness (QED) is 0.439. The number of carbonyl (C=O) groups excluding carboxylic acids is 1. The van der Waals surface area contributed by atoms with Crippen molar-refractivity contribution in [2.45, 2.75) is 35.7 Å². The number of thioether (sulfide) groups is 2. The molecule has 0 amide bonds. The summed E-state index contributed by atoms with van der Waals surface area (Å²) in [6.07, 6.45) is 1.79. The van der Waals surface area contributed by atoms with Gasteiger partial charge in [-0.15, -0.1) is 11.8 Å². The fourth-order valence-electron chi connectivity index (χ4n) is 2.49. The summed E-state index contributed by atoms with van der Waals surface area (Å²) in [5.41, 5.74) is 9.97. The van der Waals surface area contributed by atoms with Gasteiger partial charge in [0.15, 0.2) is 5.16 Å². The fraction of sp³-hybridized carbons (Fsp3) is 0.316. The largest absolute Gasteiger partial charge is 0.465 e. The van der Waals surface area contributed by atoms with Crippen molar-refractivity contribution in [3.05, 3.63) is 47.8 Å². The first-order valence-corrected chi connectivity index (χ1v) is 10.6. The van der Waals surface area contributed by atoms with Gasteiger partial charge < -0.3 is 15.5 Å². The van der Waals surface area contributed by atoms with Crippen molar-refractivity contribution in [2.24, 2.45) is 5.73 Å². The summed E-state index contributed by atoms with van der Waals surface area (Å²) in [6.45, 7) is 4.16. The van der Waals surface area contributed by atoms with Gasteiger partial charge in [0.25, 0.3) is 0 Å². The zero-order valence-corrected chi connectivity index (χ0v) is 16.9. The topological polar surface area (TPSA) is 93.9 Å². The molecule has 3 aromatic rings. The van der Waals surface area contributed by atoms with Crippen LogP contribution in [-0.4, -0.2) is 39.3 Å². The van der Waals surface area contributed by atoms with Crippen molar-refractivity contribution >= 4 is 40.5 Å². The van der Waals surface area contributed by atoms with Gasteiger partial charge in [0.05, 0.1) is 23.3 Å². The van der Waals surface area contributed by atoms with E-state index in [0.717, 1.165) is 32.3 Å². The molecular formula is C19H22N4O2S2. The maximum Gasteiger partial charge on any atom is 0.323 e. The number of aromatic amines is 1. The van der Waals surface area contributed by atoms with Gasteiger partial charge in [0.2, 0.25) is 0 Å². The first-order valence-electron chi connectivity index (χ1n) is 8.65. The van der Waals surface area contributed by atoms with Gasteiger partial charge in [-0.05, 0) is 37.6 Å². The van der Waals surface area contributed by atoms with Gasteiger partial charge in [-0.25, -0.2) is 4.98 Å². The summed E-state index contributed by atoms with van der Waals surface area (Å²) < 4.78 is 4.96. The lowest BCUT2D eigenvalue weighted by Crippen LogP contribution is -2.34. The number of nitrogens with two attached hydrogens (primary N) is 1. The average molecular weight is 403 g/mol. The Morgan fingerprint density at radius 2 is 2.11 bits per heavy atom. The molecule has 3 N–H and O–H groups in total. The molecule has 142 valence electrons. The monoisotopic (exact) mass is 402 g/mol. The van der Waals surface area contributed by atoms with Gasteiger partial charge in [0.1, 0.15) is 6.04 Å². The maximum atomic E-state index is 11.7. The van der Waals surface area contributed by atoms with Crippen LogP contribution in [0.25, 0.3) is 11.0 Å². The molecule has 2 heterocycles. The van der Waals surface area contributed by atoms with Crippen LogP contribution in [0.15, 0.2) is 46.6 Å². The third kappa shape index (κ3) is 5.03. The standard InChI is InChI=1S/C19H22N4O2S2/c1-3-25-18(24)13(20)10-26-17-8-9-21-16(12(17)2)11-27-19-22-14-6-4-5-7-15(14)23-19/h4-9,13H,3,10-11,20H2,1-2H3,(H,22,23). The molecule has 8 heteroatoms. The first kappa shape index (κ1) is 19.7. The SMILES string of the molecule is CCOC(=O)C(N)CSc1ccnc(CSc2nc3ccccc3[nH]2)c1C. The molecule has 0 radical (unpaired) electrons. The minimum absolute atomic E-state index is 0.342. The molecule has 1 unspecified atom stereocenters. The molecule has 3 rings (SSSR count). The number of pyridine rings is 1. The summed E-state index contributed by atoms with van der Waals surface area (Å²) in [4.78, 5) is 25.1. The predicted octanol–water partition coefficient (Wildman–Crippen LogP) is 3.54. The Morgan fingerprint density at radius 3 is 2.89 bits per heavy atom. The highest BCUT2D eigenvalue weighted by atomic mass is 32.2. The smallest absolute Gasteiger partial charge is 0.323 e. The first-order chi connectivity index (χ1) is 13.1. The van der Waals surface area contributed by atoms with Crippen LogP contribution in [0.5, 0.6) is 0 Å². The number of rotatable bonds is 8. The van der Waals surface area contributed by atoms with E-state index in [1.165, 1.54) is 0 Å². The lowest BCUT2D eigenvalue weighted by atomic mass is 10.2. The van der Waals surface area contributed by atoms with E-state index in [1.807, 2.05) is 37.3 Å². The van der Waals surface area contributed by atoms with Crippen molar-refractivity contribution < 1.29 is 9.53 Å². The van der Waals surface area contributed by atoms with Crippen molar-refractivity contribution in [3.63, 3.8) is 0 Å². The second kappa shape index (κ2) is 9.25. The van der Waals surface area contributed by atoms with Crippen LogP contribution in [0.4, 0.5) is 0 Å². The zero-order valence-electron chi connectivity index (χ0n) is 15.3. The lowest BCUT2D eigenvalue weighted by molar-refractivity contribution is -0.144. The van der Waals surface area contributed by atoms with E-state index in [9.17, 15) is 4.79 Å². The predicted molar refractivity (Wildman–Crippen MR) is 110 cm³/mol. The third-order valence-corrected chi connectivity index (χ3v) is 6.14. The molecule has 0 saturated heterocycles. The Bertz CT molecular complexity index is 896. The molecule has 0 aliphatic heterocycles.